The predicted octanol–water partition coefficient (Wildman–Crippen LogP) is -0.836. The van der Waals surface area contributed by atoms with Crippen LogP contribution in [0.4, 0.5) is 0 Å². The van der Waals surface area contributed by atoms with Crippen molar-refractivity contribution in [2.24, 2.45) is 0 Å². The summed E-state index contributed by atoms with van der Waals surface area (Å²) in [6.45, 7) is 0. The average Bonchev–Trinajstić information content (AvgIpc) is 1.90. The van der Waals surface area contributed by atoms with Gasteiger partial charge in [-0.25, -0.2) is 0 Å². The Kier molecular flexibility index (Phi) is 10.9. The van der Waals surface area contributed by atoms with Gasteiger partial charge in [0.25, 0.3) is 0 Å². The fourth-order valence-electron chi connectivity index (χ4n) is 0.508. The van der Waals surface area contributed by atoms with Crippen LogP contribution >= 0.6 is 11.8 Å². The first kappa shape index (κ1) is 13.5. The van der Waals surface area contributed by atoms with E-state index in [1.807, 2.05) is 24.6 Å². The molecule has 0 fully saturated rings. The Balaban J connectivity index is 0. The molecule has 0 aromatic heterocycles. The third-order valence-corrected chi connectivity index (χ3v) is 1.67. The monoisotopic (exact) mass is 314 g/mol. The SMILES string of the molecule is CSC1=CC=C=C[CH]1.[I-].[Zn]. The summed E-state index contributed by atoms with van der Waals surface area (Å²) in [6.07, 6.45) is 10.0. The van der Waals surface area contributed by atoms with Gasteiger partial charge in [0.2, 0.25) is 0 Å². The number of thioether (sulfide) groups is 1. The minimum absolute atomic E-state index is 0. The van der Waals surface area contributed by atoms with E-state index in [1.54, 1.807) is 11.8 Å². The van der Waals surface area contributed by atoms with Gasteiger partial charge in [0.1, 0.15) is 0 Å². The van der Waals surface area contributed by atoms with Crippen molar-refractivity contribution in [3.05, 3.63) is 35.3 Å². The molecule has 0 amide bonds. The van der Waals surface area contributed by atoms with Gasteiger partial charge in [-0.3, -0.25) is 0 Å². The predicted molar refractivity (Wildman–Crippen MR) is 38.6 cm³/mol. The molecule has 1 radical (unpaired) electrons. The van der Waals surface area contributed by atoms with Gasteiger partial charge in [-0.05, 0) is 29.4 Å². The maximum absolute atomic E-state index is 2.95. The van der Waals surface area contributed by atoms with Crippen LogP contribution in [0.1, 0.15) is 0 Å². The fourth-order valence-corrected chi connectivity index (χ4v) is 0.916. The molecule has 3 heteroatoms. The van der Waals surface area contributed by atoms with Gasteiger partial charge in [-0.1, -0.05) is 0 Å². The van der Waals surface area contributed by atoms with Crippen LogP contribution in [0, 0.1) is 6.42 Å². The molecule has 0 aromatic carbocycles. The summed E-state index contributed by atoms with van der Waals surface area (Å²) in [7, 11) is 0. The van der Waals surface area contributed by atoms with E-state index in [4.69, 9.17) is 0 Å². The minimum atomic E-state index is 0. The van der Waals surface area contributed by atoms with Crippen LogP contribution in [0.25, 0.3) is 0 Å². The van der Waals surface area contributed by atoms with Crippen molar-refractivity contribution in [3.63, 3.8) is 0 Å². The molecule has 1 rings (SSSR count). The molecule has 10 heavy (non-hydrogen) atoms. The van der Waals surface area contributed by atoms with Crippen LogP contribution in [-0.4, -0.2) is 6.26 Å². The first-order valence-electron chi connectivity index (χ1n) is 2.43. The Morgan fingerprint density at radius 2 is 2.10 bits per heavy atom. The Hall–Kier alpha value is 0.963. The van der Waals surface area contributed by atoms with E-state index in [0.717, 1.165) is 0 Å². The molecular formula is C7H7ISZn-. The average molecular weight is 315 g/mol. The van der Waals surface area contributed by atoms with Crippen molar-refractivity contribution >= 4 is 11.8 Å². The molecule has 1 aliphatic carbocycles. The van der Waals surface area contributed by atoms with Crippen molar-refractivity contribution in [1.82, 2.24) is 0 Å². The number of halogens is 1. The van der Waals surface area contributed by atoms with Gasteiger partial charge in [0, 0.05) is 25.9 Å². The summed E-state index contributed by atoms with van der Waals surface area (Å²) in [5.74, 6) is 0. The largest absolute Gasteiger partial charge is 1.00 e. The van der Waals surface area contributed by atoms with Gasteiger partial charge >= 0.3 is 0 Å². The summed E-state index contributed by atoms with van der Waals surface area (Å²) in [5.41, 5.74) is 2.95. The maximum atomic E-state index is 2.95. The van der Waals surface area contributed by atoms with Crippen molar-refractivity contribution < 1.29 is 43.5 Å². The minimum Gasteiger partial charge on any atom is -1.00 e. The van der Waals surface area contributed by atoms with E-state index in [1.165, 1.54) is 4.91 Å². The van der Waals surface area contributed by atoms with Gasteiger partial charge in [-0.2, -0.15) is 0 Å². The second-order valence-electron chi connectivity index (χ2n) is 1.44. The molecule has 0 nitrogen and oxygen atoms in total. The smallest absolute Gasteiger partial charge is 0.0268 e. The number of rotatable bonds is 1. The molecule has 0 atom stereocenters. The zero-order valence-corrected chi connectivity index (χ0v) is 11.7. The summed E-state index contributed by atoms with van der Waals surface area (Å²) >= 11 is 1.75. The summed E-state index contributed by atoms with van der Waals surface area (Å²) in [5, 5.41) is 0. The quantitative estimate of drug-likeness (QED) is 0.346. The number of hydrogen-bond donors (Lipinski definition) is 0. The van der Waals surface area contributed by atoms with Crippen LogP contribution < -0.4 is 24.0 Å². The zero-order valence-electron chi connectivity index (χ0n) is 5.80. The molecule has 1 aliphatic rings. The molecule has 51 valence electrons. The molecule has 0 bridgehead atoms. The zero-order chi connectivity index (χ0) is 5.82. The van der Waals surface area contributed by atoms with Crippen LogP contribution in [0.15, 0.2) is 28.9 Å². The number of allylic oxidation sites excluding steroid dienone is 3. The van der Waals surface area contributed by atoms with E-state index in [9.17, 15) is 0 Å². The van der Waals surface area contributed by atoms with Crippen molar-refractivity contribution in [1.29, 1.82) is 0 Å². The van der Waals surface area contributed by atoms with E-state index in [-0.39, 0.29) is 43.5 Å². The normalized spacial score (nSPS) is 13.1. The molecule has 0 saturated heterocycles. The van der Waals surface area contributed by atoms with Crippen molar-refractivity contribution in [2.75, 3.05) is 6.26 Å². The van der Waals surface area contributed by atoms with E-state index >= 15 is 0 Å². The molecular weight excluding hydrogens is 308 g/mol. The van der Waals surface area contributed by atoms with Crippen LogP contribution in [0.2, 0.25) is 0 Å². The van der Waals surface area contributed by atoms with Crippen molar-refractivity contribution in [3.8, 4) is 0 Å². The third kappa shape index (κ3) is 4.73. The summed E-state index contributed by atoms with van der Waals surface area (Å²) in [4.78, 5) is 1.30. The second kappa shape index (κ2) is 8.06. The van der Waals surface area contributed by atoms with E-state index < -0.39 is 0 Å². The Labute approximate surface area is 96.0 Å². The molecule has 0 aliphatic heterocycles. The van der Waals surface area contributed by atoms with Crippen LogP contribution in [-0.2, 0) is 19.5 Å². The fraction of sp³-hybridized carbons (Fsp3) is 0.143. The standard InChI is InChI=1S/C7H7S.HI.Zn/c1-8-7-5-3-2-4-6-7;;/h3-6H,1H3;1H;/p-1. The van der Waals surface area contributed by atoms with Gasteiger partial charge in [-0.15, -0.1) is 17.5 Å². The van der Waals surface area contributed by atoms with E-state index in [0.29, 0.717) is 0 Å². The molecule has 0 N–H and O–H groups in total. The first-order valence-corrected chi connectivity index (χ1v) is 3.66. The second-order valence-corrected chi connectivity index (χ2v) is 2.32. The van der Waals surface area contributed by atoms with Crippen LogP contribution in [0.3, 0.4) is 0 Å². The third-order valence-electron chi connectivity index (χ3n) is 0.923. The van der Waals surface area contributed by atoms with Crippen molar-refractivity contribution in [2.45, 2.75) is 0 Å². The Bertz CT molecular complexity index is 168. The maximum Gasteiger partial charge on any atom is 0.0268 e. The summed E-state index contributed by atoms with van der Waals surface area (Å²) in [6, 6.07) is 0. The molecule has 0 unspecified atom stereocenters. The summed E-state index contributed by atoms with van der Waals surface area (Å²) < 4.78 is 0. The first-order chi connectivity index (χ1) is 3.93. The van der Waals surface area contributed by atoms with Gasteiger partial charge < -0.3 is 24.0 Å². The number of hydrogen-bond acceptors (Lipinski definition) is 1. The Morgan fingerprint density at radius 3 is 2.40 bits per heavy atom. The molecule has 0 aromatic rings. The van der Waals surface area contributed by atoms with Gasteiger partial charge in [0.15, 0.2) is 0 Å². The molecule has 0 heterocycles. The van der Waals surface area contributed by atoms with Gasteiger partial charge in [0.05, 0.1) is 0 Å². The van der Waals surface area contributed by atoms with E-state index in [2.05, 4.69) is 12.0 Å². The molecule has 0 spiro atoms. The topological polar surface area (TPSA) is 0 Å². The van der Waals surface area contributed by atoms with Crippen LogP contribution in [0.5, 0.6) is 0 Å². The Morgan fingerprint density at radius 1 is 1.40 bits per heavy atom. The molecule has 0 saturated carbocycles.